The first kappa shape index (κ1) is 48.9. The van der Waals surface area contributed by atoms with Crippen molar-refractivity contribution in [3.05, 3.63) is 28.8 Å². The Morgan fingerprint density at radius 2 is 1.62 bits per heavy atom. The number of carbonyl (C=O) groups is 3. The van der Waals surface area contributed by atoms with Crippen molar-refractivity contribution in [3.63, 3.8) is 0 Å². The van der Waals surface area contributed by atoms with Gasteiger partial charge in [0.15, 0.2) is 0 Å². The molecule has 6 rings (SSSR count). The lowest BCUT2D eigenvalue weighted by atomic mass is 9.46. The molecule has 2 amide bonds. The molecule has 0 N–H and O–H groups in total. The molecule has 1 aromatic rings. The van der Waals surface area contributed by atoms with E-state index < -0.39 is 10.5 Å². The van der Waals surface area contributed by atoms with Crippen molar-refractivity contribution >= 4 is 63.2 Å². The maximum absolute atomic E-state index is 13.2. The fraction of sp³-hybridized carbons (Fsp3) is 0.795. The van der Waals surface area contributed by atoms with Gasteiger partial charge in [0, 0.05) is 43.9 Å². The Hall–Kier alpha value is -1.47. The molecule has 1 aromatic carbocycles. The SMILES string of the molecule is CC.CCC(C)(C)C.CCc1cc2c(cc1OC(=O)N1CCC(N3CCCCC3=O)CC1)CCC1C2CCC2(C)C(=O)CCC12.[B]C(F)(P)C([B])([B])CCCS. The number of rotatable bonds is 7. The predicted molar refractivity (Wildman–Crippen MR) is 239 cm³/mol. The Labute approximate surface area is 352 Å². The van der Waals surface area contributed by atoms with E-state index in [-0.39, 0.29) is 23.5 Å². The molecule has 2 saturated carbocycles. The van der Waals surface area contributed by atoms with Crippen molar-refractivity contribution in [1.82, 2.24) is 9.80 Å². The van der Waals surface area contributed by atoms with E-state index in [0.717, 1.165) is 88.5 Å². The van der Waals surface area contributed by atoms with Crippen molar-refractivity contribution < 1.29 is 23.5 Å². The molecule has 2 heterocycles. The molecular formula is C44H71B3FN2O4PS. The van der Waals surface area contributed by atoms with E-state index in [1.165, 1.54) is 17.5 Å². The highest BCUT2D eigenvalue weighted by Gasteiger charge is 2.54. The van der Waals surface area contributed by atoms with E-state index in [1.54, 1.807) is 9.24 Å². The van der Waals surface area contributed by atoms with Gasteiger partial charge in [0.25, 0.3) is 0 Å². The number of nitrogens with zero attached hydrogens (tertiary/aromatic N) is 2. The van der Waals surface area contributed by atoms with Crippen LogP contribution in [0.1, 0.15) is 161 Å². The molecule has 3 aliphatic carbocycles. The lowest BCUT2D eigenvalue weighted by Gasteiger charge is -2.48. The van der Waals surface area contributed by atoms with Crippen LogP contribution in [-0.4, -0.2) is 87.9 Å². The fourth-order valence-corrected chi connectivity index (χ4v) is 9.39. The number of hydrogen-bond donors (Lipinski definition) is 1. The molecular weight excluding hydrogens is 735 g/mol. The van der Waals surface area contributed by atoms with Crippen LogP contribution in [-0.2, 0) is 22.4 Å². The third-order valence-electron chi connectivity index (χ3n) is 13.2. The number of thiol groups is 1. The second kappa shape index (κ2) is 21.2. The number of Topliss-reactive ketones (excluding diaryl/α,β-unsaturated/α-hetero) is 1. The molecule has 2 aliphatic heterocycles. The minimum absolute atomic E-state index is 0.101. The van der Waals surface area contributed by atoms with Crippen molar-refractivity contribution in [1.29, 1.82) is 0 Å². The van der Waals surface area contributed by atoms with Crippen LogP contribution in [0.4, 0.5) is 9.18 Å². The number of hydrogen-bond acceptors (Lipinski definition) is 5. The number of alkyl halides is 1. The predicted octanol–water partition coefficient (Wildman–Crippen LogP) is 9.94. The average Bonchev–Trinajstić information content (AvgIpc) is 3.48. The normalized spacial score (nSPS) is 26.1. The monoisotopic (exact) mass is 807 g/mol. The summed E-state index contributed by atoms with van der Waals surface area (Å²) in [7, 11) is 17.7. The summed E-state index contributed by atoms with van der Waals surface area (Å²) in [5.74, 6) is 3.76. The zero-order valence-corrected chi connectivity index (χ0v) is 38.1. The smallest absolute Gasteiger partial charge is 0.410 e. The van der Waals surface area contributed by atoms with Crippen molar-refractivity contribution in [2.45, 2.75) is 174 Å². The van der Waals surface area contributed by atoms with Crippen LogP contribution in [0.2, 0.25) is 5.21 Å². The quantitative estimate of drug-likeness (QED) is 0.169. The third-order valence-corrected chi connectivity index (χ3v) is 14.1. The second-order valence-corrected chi connectivity index (χ2v) is 19.3. The molecule has 0 spiro atoms. The van der Waals surface area contributed by atoms with Gasteiger partial charge >= 0.3 is 6.09 Å². The first-order valence-electron chi connectivity index (χ1n) is 21.7. The summed E-state index contributed by atoms with van der Waals surface area (Å²) in [4.78, 5) is 42.0. The van der Waals surface area contributed by atoms with Crippen molar-refractivity contribution in [3.8, 4) is 5.75 Å². The Bertz CT molecular complexity index is 1460. The Morgan fingerprint density at radius 3 is 2.18 bits per heavy atom. The van der Waals surface area contributed by atoms with Crippen LogP contribution in [0.5, 0.6) is 5.75 Å². The number of likely N-dealkylation sites (tertiary alicyclic amines) is 2. The van der Waals surface area contributed by atoms with Gasteiger partial charge in [-0.2, -0.15) is 12.6 Å². The summed E-state index contributed by atoms with van der Waals surface area (Å²) in [5, 5.41) is -3.60. The zero-order valence-electron chi connectivity index (χ0n) is 36.1. The van der Waals surface area contributed by atoms with E-state index in [4.69, 9.17) is 28.3 Å². The van der Waals surface area contributed by atoms with Crippen LogP contribution < -0.4 is 4.74 Å². The van der Waals surface area contributed by atoms with Crippen LogP contribution in [0.3, 0.4) is 0 Å². The van der Waals surface area contributed by atoms with Gasteiger partial charge in [-0.1, -0.05) is 79.5 Å². The molecule has 4 fully saturated rings. The van der Waals surface area contributed by atoms with Crippen LogP contribution in [0.25, 0.3) is 0 Å². The Morgan fingerprint density at radius 1 is 0.982 bits per heavy atom. The number of fused-ring (bicyclic) bond motifs is 5. The van der Waals surface area contributed by atoms with E-state index >= 15 is 0 Å². The van der Waals surface area contributed by atoms with Gasteiger partial charge in [0.05, 0.1) is 21.0 Å². The molecule has 56 heavy (non-hydrogen) atoms. The minimum atomic E-state index is -2.12. The highest BCUT2D eigenvalue weighted by molar-refractivity contribution is 7.80. The fourth-order valence-electron chi connectivity index (χ4n) is 9.08. The van der Waals surface area contributed by atoms with E-state index in [0.29, 0.717) is 67.1 Å². The van der Waals surface area contributed by atoms with E-state index in [2.05, 4.69) is 66.3 Å². The van der Waals surface area contributed by atoms with Gasteiger partial charge in [0.2, 0.25) is 5.91 Å². The van der Waals surface area contributed by atoms with Gasteiger partial charge in [-0.25, -0.2) is 4.79 Å². The molecule has 0 aromatic heterocycles. The lowest BCUT2D eigenvalue weighted by Crippen LogP contribution is -2.50. The second-order valence-electron chi connectivity index (χ2n) is 18.0. The van der Waals surface area contributed by atoms with Gasteiger partial charge in [-0.3, -0.25) is 14.0 Å². The minimum Gasteiger partial charge on any atom is -0.410 e. The highest BCUT2D eigenvalue weighted by atomic mass is 32.1. The topological polar surface area (TPSA) is 66.9 Å². The Balaban J connectivity index is 0.000000370. The Kier molecular flexibility index (Phi) is 18.5. The molecule has 2 saturated heterocycles. The molecule has 6 radical (unpaired) electrons. The number of amides is 2. The molecule has 308 valence electrons. The number of ketones is 1. The van der Waals surface area contributed by atoms with Crippen molar-refractivity contribution in [2.75, 3.05) is 25.4 Å². The van der Waals surface area contributed by atoms with Crippen LogP contribution >= 0.6 is 21.9 Å². The van der Waals surface area contributed by atoms with E-state index in [1.807, 2.05) is 23.6 Å². The third kappa shape index (κ3) is 12.3. The van der Waals surface area contributed by atoms with Crippen LogP contribution in [0.15, 0.2) is 12.1 Å². The first-order chi connectivity index (χ1) is 26.3. The van der Waals surface area contributed by atoms with Gasteiger partial charge in [-0.05, 0) is 122 Å². The zero-order chi connectivity index (χ0) is 42.1. The summed E-state index contributed by atoms with van der Waals surface area (Å²) in [5.41, 5.74) is 4.33. The summed E-state index contributed by atoms with van der Waals surface area (Å²) in [6.07, 6.45) is 13.3. The molecule has 5 aliphatic rings. The number of benzene rings is 1. The molecule has 0 bridgehead atoms. The molecule has 6 unspecified atom stereocenters. The number of piperidine rings is 2. The van der Waals surface area contributed by atoms with Gasteiger partial charge < -0.3 is 14.5 Å². The lowest BCUT2D eigenvalue weighted by molar-refractivity contribution is -0.136. The van der Waals surface area contributed by atoms with Crippen LogP contribution in [0, 0.1) is 22.7 Å². The number of carbonyl (C=O) groups excluding carboxylic acids is 3. The molecule has 6 atom stereocenters. The molecule has 12 heteroatoms. The number of aryl methyl sites for hydroxylation is 2. The largest absolute Gasteiger partial charge is 0.415 e. The highest BCUT2D eigenvalue weighted by Crippen LogP contribution is 2.60. The standard InChI is InChI=1S/C31H42N2O4.C6H14.C5H9B3FPS.C2H6/c1-3-20-18-25-21(7-8-24-23(25)11-14-31(2)26(24)9-10-28(31)34)19-27(20)37-30(36)32-16-12-22(13-17-32)33-15-5-4-6-29(33)35;1-5-6(2,3)4;6-4(7,2-1-3-11)5(8,9)10;1-2/h18-19,22-24,26H,3-17H2,1-2H3;5H2,1-4H3;11H,1-3,10H2;1-2H3. The van der Waals surface area contributed by atoms with E-state index in [9.17, 15) is 18.8 Å². The molecule has 6 nitrogen and oxygen atoms in total. The maximum atomic E-state index is 13.2. The number of ether oxygens (including phenoxy) is 1. The van der Waals surface area contributed by atoms with Crippen molar-refractivity contribution in [2.24, 2.45) is 22.7 Å². The maximum Gasteiger partial charge on any atom is 0.415 e. The van der Waals surface area contributed by atoms with Gasteiger partial charge in [0.1, 0.15) is 19.4 Å². The average molecular weight is 807 g/mol. The summed E-state index contributed by atoms with van der Waals surface area (Å²) in [6, 6.07) is 4.73. The summed E-state index contributed by atoms with van der Waals surface area (Å²) >= 11 is 3.95. The first-order valence-corrected chi connectivity index (χ1v) is 22.9. The summed E-state index contributed by atoms with van der Waals surface area (Å²) < 4.78 is 19.0. The number of halogens is 1. The van der Waals surface area contributed by atoms with Gasteiger partial charge in [-0.15, -0.1) is 9.24 Å². The summed E-state index contributed by atoms with van der Waals surface area (Å²) in [6.45, 7) is 19.4.